The zero-order valence-electron chi connectivity index (χ0n) is 6.77. The van der Waals surface area contributed by atoms with Crippen LogP contribution in [0.5, 0.6) is 0 Å². The van der Waals surface area contributed by atoms with E-state index in [2.05, 4.69) is 15.9 Å². The Morgan fingerprint density at radius 1 is 1.54 bits per heavy atom. The van der Waals surface area contributed by atoms with Crippen molar-refractivity contribution in [2.75, 3.05) is 0 Å². The lowest BCUT2D eigenvalue weighted by Crippen LogP contribution is -2.21. The molecule has 1 aromatic carbocycles. The average Bonchev–Trinajstić information content (AvgIpc) is 2.04. The Balaban J connectivity index is 2.69. The van der Waals surface area contributed by atoms with E-state index in [0.717, 1.165) is 10.0 Å². The van der Waals surface area contributed by atoms with Gasteiger partial charge in [0.05, 0.1) is 0 Å². The molecule has 0 aliphatic carbocycles. The number of carboxylic acids is 1. The Kier molecular flexibility index (Phi) is 3.45. The molecule has 0 unspecified atom stereocenters. The zero-order chi connectivity index (χ0) is 9.84. The van der Waals surface area contributed by atoms with Gasteiger partial charge in [-0.15, -0.1) is 0 Å². The molecule has 1 rings (SSSR count). The number of rotatable bonds is 3. The van der Waals surface area contributed by atoms with Gasteiger partial charge in [0.25, 0.3) is 0 Å². The average molecular weight is 245 g/mol. The highest BCUT2D eigenvalue weighted by Crippen LogP contribution is 2.13. The SMILES string of the molecule is O=C(O)[C@H](O)Cc1cccc(Br)c1. The highest BCUT2D eigenvalue weighted by molar-refractivity contribution is 9.10. The third kappa shape index (κ3) is 3.16. The van der Waals surface area contributed by atoms with Crippen LogP contribution in [0, 0.1) is 0 Å². The van der Waals surface area contributed by atoms with E-state index < -0.39 is 12.1 Å². The predicted molar refractivity (Wildman–Crippen MR) is 51.5 cm³/mol. The normalized spacial score (nSPS) is 12.5. The topological polar surface area (TPSA) is 57.5 Å². The molecule has 0 saturated carbocycles. The molecule has 0 bridgehead atoms. The van der Waals surface area contributed by atoms with Gasteiger partial charge >= 0.3 is 5.97 Å². The second-order valence-corrected chi connectivity index (χ2v) is 3.60. The van der Waals surface area contributed by atoms with Crippen molar-refractivity contribution < 1.29 is 15.0 Å². The first-order valence-electron chi connectivity index (χ1n) is 3.75. The van der Waals surface area contributed by atoms with E-state index in [1.165, 1.54) is 0 Å². The molecule has 0 radical (unpaired) electrons. The zero-order valence-corrected chi connectivity index (χ0v) is 8.36. The molecule has 0 amide bonds. The Bertz CT molecular complexity index is 311. The molecule has 0 heterocycles. The van der Waals surface area contributed by atoms with Crippen LogP contribution in [0.25, 0.3) is 0 Å². The molecular formula is C9H9BrO3. The summed E-state index contributed by atoms with van der Waals surface area (Å²) in [4.78, 5) is 10.3. The van der Waals surface area contributed by atoms with Crippen LogP contribution < -0.4 is 0 Å². The smallest absolute Gasteiger partial charge is 0.332 e. The minimum absolute atomic E-state index is 0.134. The highest BCUT2D eigenvalue weighted by atomic mass is 79.9. The fourth-order valence-corrected chi connectivity index (χ4v) is 1.42. The molecule has 0 aliphatic heterocycles. The van der Waals surface area contributed by atoms with Gasteiger partial charge in [0.15, 0.2) is 6.10 Å². The quantitative estimate of drug-likeness (QED) is 0.847. The van der Waals surface area contributed by atoms with E-state index in [9.17, 15) is 4.79 Å². The van der Waals surface area contributed by atoms with E-state index >= 15 is 0 Å². The number of aliphatic hydroxyl groups excluding tert-OH is 1. The number of halogens is 1. The number of hydrogen-bond donors (Lipinski definition) is 2. The first-order valence-corrected chi connectivity index (χ1v) is 4.54. The maximum absolute atomic E-state index is 10.3. The largest absolute Gasteiger partial charge is 0.479 e. The fraction of sp³-hybridized carbons (Fsp3) is 0.222. The Morgan fingerprint density at radius 2 is 2.23 bits per heavy atom. The van der Waals surface area contributed by atoms with Crippen molar-refractivity contribution >= 4 is 21.9 Å². The number of hydrogen-bond acceptors (Lipinski definition) is 2. The van der Waals surface area contributed by atoms with Crippen molar-refractivity contribution in [1.82, 2.24) is 0 Å². The summed E-state index contributed by atoms with van der Waals surface area (Å²) < 4.78 is 0.877. The summed E-state index contributed by atoms with van der Waals surface area (Å²) in [6.07, 6.45) is -1.19. The van der Waals surface area contributed by atoms with Gasteiger partial charge < -0.3 is 10.2 Å². The van der Waals surface area contributed by atoms with E-state index in [1.54, 1.807) is 18.2 Å². The van der Waals surface area contributed by atoms with Crippen LogP contribution in [-0.4, -0.2) is 22.3 Å². The van der Waals surface area contributed by atoms with Crippen LogP contribution in [0.1, 0.15) is 5.56 Å². The Labute approximate surface area is 84.1 Å². The molecule has 2 N–H and O–H groups in total. The number of carboxylic acid groups (broad SMARTS) is 1. The standard InChI is InChI=1S/C9H9BrO3/c10-7-3-1-2-6(4-7)5-8(11)9(12)13/h1-4,8,11H,5H2,(H,12,13)/t8-/m1/s1. The van der Waals surface area contributed by atoms with Crippen LogP contribution in [-0.2, 0) is 11.2 Å². The number of benzene rings is 1. The molecule has 1 aromatic rings. The van der Waals surface area contributed by atoms with Crippen LogP contribution in [0.15, 0.2) is 28.7 Å². The summed E-state index contributed by atoms with van der Waals surface area (Å²) in [7, 11) is 0. The molecule has 0 fully saturated rings. The molecular weight excluding hydrogens is 236 g/mol. The van der Waals surface area contributed by atoms with Crippen molar-refractivity contribution in [2.45, 2.75) is 12.5 Å². The minimum atomic E-state index is -1.32. The summed E-state index contributed by atoms with van der Waals surface area (Å²) in [5.41, 5.74) is 0.796. The van der Waals surface area contributed by atoms with E-state index in [1.807, 2.05) is 6.07 Å². The molecule has 70 valence electrons. The van der Waals surface area contributed by atoms with Gasteiger partial charge in [-0.05, 0) is 17.7 Å². The monoisotopic (exact) mass is 244 g/mol. The van der Waals surface area contributed by atoms with Crippen molar-refractivity contribution in [1.29, 1.82) is 0 Å². The van der Waals surface area contributed by atoms with Crippen LogP contribution >= 0.6 is 15.9 Å². The summed E-state index contributed by atoms with van der Waals surface area (Å²) >= 11 is 3.26. The molecule has 13 heavy (non-hydrogen) atoms. The molecule has 3 nitrogen and oxygen atoms in total. The number of aliphatic hydroxyl groups is 1. The third-order valence-corrected chi connectivity index (χ3v) is 2.10. The van der Waals surface area contributed by atoms with Gasteiger partial charge in [-0.2, -0.15) is 0 Å². The maximum atomic E-state index is 10.3. The fourth-order valence-electron chi connectivity index (χ4n) is 0.975. The molecule has 0 saturated heterocycles. The van der Waals surface area contributed by atoms with Gasteiger partial charge in [0.2, 0.25) is 0 Å². The number of carbonyl (C=O) groups is 1. The first-order chi connectivity index (χ1) is 6.09. The molecule has 0 aliphatic rings. The number of aliphatic carboxylic acids is 1. The van der Waals surface area contributed by atoms with Crippen molar-refractivity contribution in [3.05, 3.63) is 34.3 Å². The lowest BCUT2D eigenvalue weighted by atomic mass is 10.1. The van der Waals surface area contributed by atoms with Gasteiger partial charge in [0.1, 0.15) is 0 Å². The Hall–Kier alpha value is -0.870. The van der Waals surface area contributed by atoms with Crippen molar-refractivity contribution in [3.63, 3.8) is 0 Å². The van der Waals surface area contributed by atoms with Crippen molar-refractivity contribution in [3.8, 4) is 0 Å². The summed E-state index contributed by atoms with van der Waals surface area (Å²) in [6.45, 7) is 0. The molecule has 0 spiro atoms. The second kappa shape index (κ2) is 4.39. The maximum Gasteiger partial charge on any atom is 0.332 e. The van der Waals surface area contributed by atoms with E-state index in [0.29, 0.717) is 0 Å². The van der Waals surface area contributed by atoms with E-state index in [-0.39, 0.29) is 6.42 Å². The van der Waals surface area contributed by atoms with Crippen LogP contribution in [0.3, 0.4) is 0 Å². The van der Waals surface area contributed by atoms with Gasteiger partial charge in [-0.3, -0.25) is 0 Å². The molecule has 0 aromatic heterocycles. The summed E-state index contributed by atoms with van der Waals surface area (Å²) in [6, 6.07) is 7.20. The Morgan fingerprint density at radius 3 is 2.77 bits per heavy atom. The minimum Gasteiger partial charge on any atom is -0.479 e. The molecule has 1 atom stereocenters. The first kappa shape index (κ1) is 10.2. The van der Waals surface area contributed by atoms with Gasteiger partial charge in [-0.1, -0.05) is 28.1 Å². The van der Waals surface area contributed by atoms with Gasteiger partial charge in [-0.25, -0.2) is 4.79 Å². The lowest BCUT2D eigenvalue weighted by Gasteiger charge is -2.05. The van der Waals surface area contributed by atoms with Crippen LogP contribution in [0.2, 0.25) is 0 Å². The lowest BCUT2D eigenvalue weighted by molar-refractivity contribution is -0.146. The predicted octanol–water partition coefficient (Wildman–Crippen LogP) is 1.44. The van der Waals surface area contributed by atoms with Crippen molar-refractivity contribution in [2.24, 2.45) is 0 Å². The van der Waals surface area contributed by atoms with Gasteiger partial charge in [0, 0.05) is 10.9 Å². The molecule has 4 heteroatoms. The third-order valence-electron chi connectivity index (χ3n) is 1.60. The van der Waals surface area contributed by atoms with E-state index in [4.69, 9.17) is 10.2 Å². The highest BCUT2D eigenvalue weighted by Gasteiger charge is 2.13. The van der Waals surface area contributed by atoms with Crippen LogP contribution in [0.4, 0.5) is 0 Å². The summed E-state index contributed by atoms with van der Waals surface area (Å²) in [5, 5.41) is 17.5. The summed E-state index contributed by atoms with van der Waals surface area (Å²) in [5.74, 6) is -1.19. The second-order valence-electron chi connectivity index (χ2n) is 2.69.